The predicted molar refractivity (Wildman–Crippen MR) is 102 cm³/mol. The van der Waals surface area contributed by atoms with Crippen LogP contribution >= 0.6 is 12.6 Å². The molecular weight excluding hydrogens is 334 g/mol. The summed E-state index contributed by atoms with van der Waals surface area (Å²) < 4.78 is 22.2. The van der Waals surface area contributed by atoms with Crippen LogP contribution in [0.5, 0.6) is 0 Å². The average molecular weight is 352 g/mol. The van der Waals surface area contributed by atoms with E-state index < -0.39 is 0 Å². The van der Waals surface area contributed by atoms with Gasteiger partial charge in [-0.25, -0.2) is 0 Å². The standard InChI is InChI=1S/C18H18B2O4S/c1-18(25)16-10-12(19-21-6-7-22-19)2-4-14(16)15-5-3-13(11-17(15)18)20-23-8-9-24-20/h2-5,10-11,25H,6-9H2,1H3. The summed E-state index contributed by atoms with van der Waals surface area (Å²) in [5.74, 6) is 0. The molecule has 2 aliphatic heterocycles. The summed E-state index contributed by atoms with van der Waals surface area (Å²) in [7, 11) is -0.539. The van der Waals surface area contributed by atoms with Crippen molar-refractivity contribution in [2.24, 2.45) is 0 Å². The van der Waals surface area contributed by atoms with Gasteiger partial charge in [-0.2, -0.15) is 12.6 Å². The van der Waals surface area contributed by atoms with Gasteiger partial charge in [-0.15, -0.1) is 0 Å². The van der Waals surface area contributed by atoms with Crippen LogP contribution in [0, 0.1) is 0 Å². The Hall–Kier alpha value is -1.24. The van der Waals surface area contributed by atoms with Crippen molar-refractivity contribution in [1.82, 2.24) is 0 Å². The molecule has 7 heteroatoms. The fourth-order valence-electron chi connectivity index (χ4n) is 3.94. The Morgan fingerprint density at radius 1 is 0.760 bits per heavy atom. The van der Waals surface area contributed by atoms with Gasteiger partial charge in [-0.1, -0.05) is 36.4 Å². The summed E-state index contributed by atoms with van der Waals surface area (Å²) in [4.78, 5) is 0. The van der Waals surface area contributed by atoms with Crippen molar-refractivity contribution >= 4 is 37.8 Å². The Morgan fingerprint density at radius 3 is 1.56 bits per heavy atom. The maximum absolute atomic E-state index is 5.65. The van der Waals surface area contributed by atoms with E-state index >= 15 is 0 Å². The largest absolute Gasteiger partial charge is 0.494 e. The molecule has 2 saturated heterocycles. The summed E-state index contributed by atoms with van der Waals surface area (Å²) in [6, 6.07) is 12.8. The summed E-state index contributed by atoms with van der Waals surface area (Å²) >= 11 is 5.02. The normalized spacial score (nSPS) is 20.9. The molecule has 4 nitrogen and oxygen atoms in total. The minimum absolute atomic E-state index is 0.269. The number of hydrogen-bond acceptors (Lipinski definition) is 5. The summed E-state index contributed by atoms with van der Waals surface area (Å²) in [5, 5.41) is 0. The number of rotatable bonds is 2. The van der Waals surface area contributed by atoms with Crippen molar-refractivity contribution in [2.45, 2.75) is 11.7 Å². The first kappa shape index (κ1) is 16.0. The molecule has 5 rings (SSSR count). The van der Waals surface area contributed by atoms with Crippen LogP contribution in [-0.4, -0.2) is 40.7 Å². The molecule has 25 heavy (non-hydrogen) atoms. The van der Waals surface area contributed by atoms with Crippen LogP contribution in [0.4, 0.5) is 0 Å². The summed E-state index contributed by atoms with van der Waals surface area (Å²) in [6.07, 6.45) is 0. The Balaban J connectivity index is 1.58. The van der Waals surface area contributed by atoms with Gasteiger partial charge in [0.1, 0.15) is 0 Å². The van der Waals surface area contributed by atoms with Gasteiger partial charge in [-0.3, -0.25) is 0 Å². The second-order valence-corrected chi connectivity index (χ2v) is 7.72. The molecule has 0 N–H and O–H groups in total. The monoisotopic (exact) mass is 352 g/mol. The quantitative estimate of drug-likeness (QED) is 0.654. The van der Waals surface area contributed by atoms with E-state index in [-0.39, 0.29) is 19.0 Å². The summed E-state index contributed by atoms with van der Waals surface area (Å²) in [6.45, 7) is 4.71. The van der Waals surface area contributed by atoms with Gasteiger partial charge in [0, 0.05) is 0 Å². The van der Waals surface area contributed by atoms with Crippen molar-refractivity contribution in [1.29, 1.82) is 0 Å². The molecule has 0 saturated carbocycles. The molecule has 3 aliphatic rings. The number of thiol groups is 1. The fraction of sp³-hybridized carbons (Fsp3) is 0.333. The third-order valence-electron chi connectivity index (χ3n) is 5.21. The third kappa shape index (κ3) is 2.49. The van der Waals surface area contributed by atoms with Crippen molar-refractivity contribution < 1.29 is 18.6 Å². The smallest absolute Gasteiger partial charge is 0.405 e. The van der Waals surface area contributed by atoms with Crippen molar-refractivity contribution in [3.8, 4) is 11.1 Å². The molecule has 0 aromatic heterocycles. The molecule has 2 aromatic rings. The Bertz CT molecular complexity index is 762. The Morgan fingerprint density at radius 2 is 1.16 bits per heavy atom. The molecule has 2 fully saturated rings. The lowest BCUT2D eigenvalue weighted by Crippen LogP contribution is -2.33. The molecular formula is C18H18B2O4S. The highest BCUT2D eigenvalue weighted by Gasteiger charge is 2.39. The molecule has 0 spiro atoms. The zero-order valence-corrected chi connectivity index (χ0v) is 14.9. The van der Waals surface area contributed by atoms with Crippen molar-refractivity contribution in [3.63, 3.8) is 0 Å². The van der Waals surface area contributed by atoms with E-state index in [1.54, 1.807) is 0 Å². The molecule has 0 radical (unpaired) electrons. The molecule has 2 heterocycles. The highest BCUT2D eigenvalue weighted by Crippen LogP contribution is 2.50. The Kier molecular flexibility index (Phi) is 3.77. The van der Waals surface area contributed by atoms with E-state index in [2.05, 4.69) is 43.3 Å². The van der Waals surface area contributed by atoms with Gasteiger partial charge in [-0.05, 0) is 40.1 Å². The molecule has 126 valence electrons. The van der Waals surface area contributed by atoms with Gasteiger partial charge in [0.15, 0.2) is 0 Å². The van der Waals surface area contributed by atoms with E-state index in [1.807, 2.05) is 0 Å². The predicted octanol–water partition coefficient (Wildman–Crippen LogP) is 1.34. The van der Waals surface area contributed by atoms with E-state index in [4.69, 9.17) is 31.2 Å². The Labute approximate surface area is 153 Å². The van der Waals surface area contributed by atoms with Crippen LogP contribution in [0.2, 0.25) is 0 Å². The second-order valence-electron chi connectivity index (χ2n) is 6.83. The molecule has 0 amide bonds. The van der Waals surface area contributed by atoms with Crippen molar-refractivity contribution in [2.75, 3.05) is 26.4 Å². The van der Waals surface area contributed by atoms with Crippen LogP contribution in [0.25, 0.3) is 11.1 Å². The zero-order chi connectivity index (χ0) is 17.0. The lowest BCUT2D eigenvalue weighted by Gasteiger charge is -2.22. The maximum atomic E-state index is 5.65. The lowest BCUT2D eigenvalue weighted by molar-refractivity contribution is 0.365. The first-order chi connectivity index (χ1) is 12.1. The topological polar surface area (TPSA) is 36.9 Å². The van der Waals surface area contributed by atoms with E-state index in [0.717, 1.165) is 10.9 Å². The van der Waals surface area contributed by atoms with Gasteiger partial charge in [0.25, 0.3) is 0 Å². The molecule has 0 unspecified atom stereocenters. The lowest BCUT2D eigenvalue weighted by atomic mass is 9.77. The highest BCUT2D eigenvalue weighted by atomic mass is 32.1. The number of fused-ring (bicyclic) bond motifs is 3. The van der Waals surface area contributed by atoms with Gasteiger partial charge in [0.05, 0.1) is 31.2 Å². The van der Waals surface area contributed by atoms with Crippen LogP contribution < -0.4 is 10.9 Å². The van der Waals surface area contributed by atoms with Crippen LogP contribution in [-0.2, 0) is 23.4 Å². The molecule has 2 aromatic carbocycles. The third-order valence-corrected chi connectivity index (χ3v) is 5.70. The maximum Gasteiger partial charge on any atom is 0.494 e. The molecule has 0 atom stereocenters. The minimum atomic E-state index is -0.381. The van der Waals surface area contributed by atoms with Crippen molar-refractivity contribution in [3.05, 3.63) is 47.5 Å². The van der Waals surface area contributed by atoms with Gasteiger partial charge >= 0.3 is 14.2 Å². The van der Waals surface area contributed by atoms with E-state index in [1.165, 1.54) is 22.3 Å². The average Bonchev–Trinajstić information content (AvgIpc) is 3.36. The summed E-state index contributed by atoms with van der Waals surface area (Å²) in [5.41, 5.74) is 6.91. The second kappa shape index (κ2) is 5.89. The fourth-order valence-corrected chi connectivity index (χ4v) is 4.31. The van der Waals surface area contributed by atoms with Crippen LogP contribution in [0.15, 0.2) is 36.4 Å². The van der Waals surface area contributed by atoms with E-state index in [0.29, 0.717) is 26.4 Å². The molecule has 0 bridgehead atoms. The van der Waals surface area contributed by atoms with E-state index in [9.17, 15) is 0 Å². The number of benzene rings is 2. The zero-order valence-electron chi connectivity index (χ0n) is 14.0. The molecule has 1 aliphatic carbocycles. The SMILES string of the molecule is CC1(S)c2cc(B3OCCO3)ccc2-c2ccc(B3OCCO3)cc21. The number of hydrogen-bond donors (Lipinski definition) is 1. The first-order valence-corrected chi connectivity index (χ1v) is 9.07. The highest BCUT2D eigenvalue weighted by molar-refractivity contribution is 7.81. The van der Waals surface area contributed by atoms with Gasteiger partial charge < -0.3 is 18.6 Å². The van der Waals surface area contributed by atoms with Crippen LogP contribution in [0.3, 0.4) is 0 Å². The minimum Gasteiger partial charge on any atom is -0.405 e. The van der Waals surface area contributed by atoms with Gasteiger partial charge in [0.2, 0.25) is 0 Å². The van der Waals surface area contributed by atoms with Crippen LogP contribution in [0.1, 0.15) is 18.1 Å². The first-order valence-electron chi connectivity index (χ1n) is 8.62.